The summed E-state index contributed by atoms with van der Waals surface area (Å²) in [6.45, 7) is 2.75. The van der Waals surface area contributed by atoms with Crippen LogP contribution in [0.25, 0.3) is 0 Å². The Morgan fingerprint density at radius 3 is 2.53 bits per heavy atom. The van der Waals surface area contributed by atoms with Crippen molar-refractivity contribution in [2.75, 3.05) is 33.7 Å². The Bertz CT molecular complexity index is 213. The van der Waals surface area contributed by atoms with E-state index >= 15 is 0 Å². The van der Waals surface area contributed by atoms with Crippen LogP contribution in [0, 0.1) is 0 Å². The number of rotatable bonds is 7. The maximum absolute atomic E-state index is 11.6. The number of carbonyl (C=O) groups excluding carboxylic acids is 1. The second-order valence-electron chi connectivity index (χ2n) is 5.21. The highest BCUT2D eigenvalue weighted by atomic mass is 16.1. The van der Waals surface area contributed by atoms with Crippen molar-refractivity contribution in [3.8, 4) is 0 Å². The molecule has 0 aromatic heterocycles. The molecule has 0 heterocycles. The van der Waals surface area contributed by atoms with Crippen molar-refractivity contribution in [1.29, 1.82) is 0 Å². The second kappa shape index (κ2) is 8.48. The molecule has 1 saturated carbocycles. The van der Waals surface area contributed by atoms with Crippen LogP contribution in [-0.2, 0) is 4.79 Å². The van der Waals surface area contributed by atoms with Gasteiger partial charge >= 0.3 is 0 Å². The predicted molar refractivity (Wildman–Crippen MR) is 71.1 cm³/mol. The van der Waals surface area contributed by atoms with E-state index in [1.54, 1.807) is 0 Å². The Morgan fingerprint density at radius 2 is 1.88 bits per heavy atom. The van der Waals surface area contributed by atoms with Gasteiger partial charge in [-0.15, -0.1) is 0 Å². The van der Waals surface area contributed by atoms with Crippen LogP contribution in [0.2, 0.25) is 0 Å². The molecule has 0 saturated heterocycles. The Kier molecular flexibility index (Phi) is 7.21. The molecule has 1 aliphatic rings. The van der Waals surface area contributed by atoms with E-state index in [0.29, 0.717) is 12.5 Å². The van der Waals surface area contributed by atoms with Crippen LogP contribution < -0.4 is 10.6 Å². The van der Waals surface area contributed by atoms with Gasteiger partial charge in [-0.1, -0.05) is 19.3 Å². The van der Waals surface area contributed by atoms with Crippen LogP contribution in [-0.4, -0.2) is 50.6 Å². The molecule has 0 aromatic carbocycles. The Labute approximate surface area is 105 Å². The van der Waals surface area contributed by atoms with E-state index < -0.39 is 0 Å². The van der Waals surface area contributed by atoms with E-state index in [4.69, 9.17) is 0 Å². The lowest BCUT2D eigenvalue weighted by molar-refractivity contribution is -0.121. The summed E-state index contributed by atoms with van der Waals surface area (Å²) in [5.41, 5.74) is 0. The van der Waals surface area contributed by atoms with E-state index in [9.17, 15) is 4.79 Å². The Balaban J connectivity index is 1.97. The monoisotopic (exact) mass is 241 g/mol. The molecule has 2 N–H and O–H groups in total. The molecule has 100 valence electrons. The van der Waals surface area contributed by atoms with Gasteiger partial charge in [0, 0.05) is 32.1 Å². The zero-order chi connectivity index (χ0) is 12.5. The quantitative estimate of drug-likeness (QED) is 0.653. The normalized spacial score (nSPS) is 17.4. The third-order valence-corrected chi connectivity index (χ3v) is 3.23. The van der Waals surface area contributed by atoms with Gasteiger partial charge in [0.2, 0.25) is 5.91 Å². The highest BCUT2D eigenvalue weighted by Gasteiger charge is 2.14. The highest BCUT2D eigenvalue weighted by Crippen LogP contribution is 2.17. The molecular weight excluding hydrogens is 214 g/mol. The third kappa shape index (κ3) is 7.34. The standard InChI is InChI=1S/C13H27N3O/c1-16(2)11-10-14-9-8-13(17)15-12-6-4-3-5-7-12/h12,14H,3-11H2,1-2H3,(H,15,17). The summed E-state index contributed by atoms with van der Waals surface area (Å²) in [5, 5.41) is 6.41. The third-order valence-electron chi connectivity index (χ3n) is 3.23. The van der Waals surface area contributed by atoms with Crippen LogP contribution >= 0.6 is 0 Å². The Morgan fingerprint density at radius 1 is 1.18 bits per heavy atom. The van der Waals surface area contributed by atoms with E-state index in [1.165, 1.54) is 32.1 Å². The molecule has 1 aliphatic carbocycles. The first kappa shape index (κ1) is 14.5. The molecule has 0 spiro atoms. The molecule has 1 fully saturated rings. The van der Waals surface area contributed by atoms with Gasteiger partial charge in [-0.3, -0.25) is 4.79 Å². The number of carbonyl (C=O) groups is 1. The summed E-state index contributed by atoms with van der Waals surface area (Å²) in [6.07, 6.45) is 6.81. The van der Waals surface area contributed by atoms with E-state index in [-0.39, 0.29) is 5.91 Å². The SMILES string of the molecule is CN(C)CCNCCC(=O)NC1CCCCC1. The van der Waals surface area contributed by atoms with Crippen molar-refractivity contribution in [1.82, 2.24) is 15.5 Å². The van der Waals surface area contributed by atoms with E-state index in [2.05, 4.69) is 29.6 Å². The first-order valence-electron chi connectivity index (χ1n) is 6.83. The number of nitrogens with zero attached hydrogens (tertiary/aromatic N) is 1. The molecule has 0 unspecified atom stereocenters. The van der Waals surface area contributed by atoms with Gasteiger partial charge in [-0.25, -0.2) is 0 Å². The van der Waals surface area contributed by atoms with Gasteiger partial charge in [-0.05, 0) is 26.9 Å². The van der Waals surface area contributed by atoms with Gasteiger partial charge in [0.05, 0.1) is 0 Å². The molecule has 17 heavy (non-hydrogen) atoms. The number of amides is 1. The fourth-order valence-corrected chi connectivity index (χ4v) is 2.18. The first-order valence-corrected chi connectivity index (χ1v) is 6.83. The number of hydrogen-bond donors (Lipinski definition) is 2. The van der Waals surface area contributed by atoms with Gasteiger partial charge in [-0.2, -0.15) is 0 Å². The molecule has 0 aromatic rings. The van der Waals surface area contributed by atoms with Crippen molar-refractivity contribution in [3.05, 3.63) is 0 Å². The minimum atomic E-state index is 0.203. The number of hydrogen-bond acceptors (Lipinski definition) is 3. The van der Waals surface area contributed by atoms with Gasteiger partial charge < -0.3 is 15.5 Å². The van der Waals surface area contributed by atoms with E-state index in [1.807, 2.05) is 0 Å². The highest BCUT2D eigenvalue weighted by molar-refractivity contribution is 5.76. The largest absolute Gasteiger partial charge is 0.353 e. The van der Waals surface area contributed by atoms with Crippen LogP contribution in [0.3, 0.4) is 0 Å². The van der Waals surface area contributed by atoms with Crippen molar-refractivity contribution < 1.29 is 4.79 Å². The lowest BCUT2D eigenvalue weighted by atomic mass is 9.95. The van der Waals surface area contributed by atoms with Gasteiger partial charge in [0.15, 0.2) is 0 Å². The topological polar surface area (TPSA) is 44.4 Å². The molecule has 4 heteroatoms. The molecule has 0 atom stereocenters. The van der Waals surface area contributed by atoms with Crippen LogP contribution in [0.4, 0.5) is 0 Å². The second-order valence-corrected chi connectivity index (χ2v) is 5.21. The molecule has 1 rings (SSSR count). The predicted octanol–water partition coefficient (Wildman–Crippen LogP) is 0.977. The number of nitrogens with one attached hydrogen (secondary N) is 2. The maximum atomic E-state index is 11.6. The summed E-state index contributed by atoms with van der Waals surface area (Å²) in [4.78, 5) is 13.8. The summed E-state index contributed by atoms with van der Waals surface area (Å²) in [5.74, 6) is 0.203. The first-order chi connectivity index (χ1) is 8.18. The summed E-state index contributed by atoms with van der Waals surface area (Å²) >= 11 is 0. The molecular formula is C13H27N3O. The smallest absolute Gasteiger partial charge is 0.221 e. The van der Waals surface area contributed by atoms with Crippen molar-refractivity contribution in [3.63, 3.8) is 0 Å². The zero-order valence-electron chi connectivity index (χ0n) is 11.3. The summed E-state index contributed by atoms with van der Waals surface area (Å²) in [6, 6.07) is 0.443. The molecule has 0 radical (unpaired) electrons. The minimum absolute atomic E-state index is 0.203. The lowest BCUT2D eigenvalue weighted by Gasteiger charge is -2.22. The molecule has 0 bridgehead atoms. The van der Waals surface area contributed by atoms with Crippen LogP contribution in [0.15, 0.2) is 0 Å². The lowest BCUT2D eigenvalue weighted by Crippen LogP contribution is -2.38. The zero-order valence-corrected chi connectivity index (χ0v) is 11.3. The maximum Gasteiger partial charge on any atom is 0.221 e. The minimum Gasteiger partial charge on any atom is -0.353 e. The van der Waals surface area contributed by atoms with Crippen LogP contribution in [0.1, 0.15) is 38.5 Å². The fourth-order valence-electron chi connectivity index (χ4n) is 2.18. The van der Waals surface area contributed by atoms with Gasteiger partial charge in [0.25, 0.3) is 0 Å². The van der Waals surface area contributed by atoms with Crippen molar-refractivity contribution >= 4 is 5.91 Å². The molecule has 0 aliphatic heterocycles. The summed E-state index contributed by atoms with van der Waals surface area (Å²) in [7, 11) is 4.11. The Hall–Kier alpha value is -0.610. The average molecular weight is 241 g/mol. The van der Waals surface area contributed by atoms with Crippen molar-refractivity contribution in [2.24, 2.45) is 0 Å². The molecule has 4 nitrogen and oxygen atoms in total. The number of likely N-dealkylation sites (N-methyl/N-ethyl adjacent to an activating group) is 1. The average Bonchev–Trinajstić information content (AvgIpc) is 2.29. The van der Waals surface area contributed by atoms with Crippen LogP contribution in [0.5, 0.6) is 0 Å². The van der Waals surface area contributed by atoms with Crippen molar-refractivity contribution in [2.45, 2.75) is 44.6 Å². The molecule has 1 amide bonds. The summed E-state index contributed by atoms with van der Waals surface area (Å²) < 4.78 is 0. The van der Waals surface area contributed by atoms with E-state index in [0.717, 1.165) is 19.6 Å². The fraction of sp³-hybridized carbons (Fsp3) is 0.923. The van der Waals surface area contributed by atoms with Gasteiger partial charge in [0.1, 0.15) is 0 Å².